The summed E-state index contributed by atoms with van der Waals surface area (Å²) in [6.45, 7) is 5.48. The fraction of sp³-hybridized carbons (Fsp3) is 0.711. The number of anilines is 3. The number of unbranched alkanes of at least 4 members (excludes halogenated alkanes) is 2. The molecular formula is C38H55F3N14O6S2. The number of nitrogens with one attached hydrogen (secondary N) is 5. The zero-order valence-corrected chi connectivity index (χ0v) is 36.4. The van der Waals surface area contributed by atoms with Crippen molar-refractivity contribution in [2.24, 2.45) is 0 Å². The Morgan fingerprint density at radius 1 is 0.810 bits per heavy atom. The minimum Gasteiger partial charge on any atom is -0.481 e. The van der Waals surface area contributed by atoms with E-state index in [-0.39, 0.29) is 71.8 Å². The van der Waals surface area contributed by atoms with Crippen molar-refractivity contribution < 1.29 is 42.2 Å². The van der Waals surface area contributed by atoms with E-state index in [9.17, 15) is 32.3 Å². The molecule has 5 amide bonds. The molecule has 0 unspecified atom stereocenters. The molecule has 6 fully saturated rings. The molecule has 2 aromatic heterocycles. The Hall–Kier alpha value is -4.62. The van der Waals surface area contributed by atoms with Crippen LogP contribution in [0, 0.1) is 0 Å². The molecule has 0 aliphatic carbocycles. The Morgan fingerprint density at radius 2 is 1.38 bits per heavy atom. The minimum absolute atomic E-state index is 0.0228. The minimum atomic E-state index is -4.79. The molecule has 20 nitrogen and oxygen atoms in total. The molecule has 346 valence electrons. The third-order valence-electron chi connectivity index (χ3n) is 11.8. The number of urea groups is 2. The number of aliphatic carboxylic acids is 1. The number of piperazine rings is 1. The zero-order chi connectivity index (χ0) is 44.5. The van der Waals surface area contributed by atoms with E-state index in [0.29, 0.717) is 82.5 Å². The highest BCUT2D eigenvalue weighted by Crippen LogP contribution is 2.36. The van der Waals surface area contributed by atoms with Gasteiger partial charge in [0.05, 0.1) is 42.9 Å². The van der Waals surface area contributed by atoms with E-state index < -0.39 is 23.8 Å². The van der Waals surface area contributed by atoms with Crippen LogP contribution in [-0.2, 0) is 20.5 Å². The predicted octanol–water partition coefficient (Wildman–Crippen LogP) is 1.53. The summed E-state index contributed by atoms with van der Waals surface area (Å²) in [7, 11) is 0. The molecule has 6 atom stereocenters. The molecular weight excluding hydrogens is 870 g/mol. The lowest BCUT2D eigenvalue weighted by Gasteiger charge is -2.35. The number of nitrogen functional groups attached to an aromatic ring is 1. The summed E-state index contributed by atoms with van der Waals surface area (Å²) in [5.41, 5.74) is 3.91. The van der Waals surface area contributed by atoms with Gasteiger partial charge in [-0.3, -0.25) is 14.5 Å². The summed E-state index contributed by atoms with van der Waals surface area (Å²) in [6, 6.07) is 0.745. The molecule has 2 aromatic rings. The summed E-state index contributed by atoms with van der Waals surface area (Å²) in [5.74, 6) is 1.05. The number of carbonyl (C=O) groups is 4. The van der Waals surface area contributed by atoms with Crippen LogP contribution in [-0.4, -0.2) is 171 Å². The number of hydrogen-bond donors (Lipinski definition) is 7. The van der Waals surface area contributed by atoms with E-state index >= 15 is 0 Å². The Balaban J connectivity index is 0.000000312. The number of carboxylic acid groups (broad SMARTS) is 1. The first-order valence-corrected chi connectivity index (χ1v) is 23.5. The summed E-state index contributed by atoms with van der Waals surface area (Å²) in [5, 5.41) is 24.1. The van der Waals surface area contributed by atoms with Crippen LogP contribution in [0.1, 0.15) is 57.1 Å². The molecule has 0 radical (unpaired) electrons. The Labute approximate surface area is 371 Å². The lowest BCUT2D eigenvalue weighted by Crippen LogP contribution is -2.49. The Bertz CT molecular complexity index is 1930. The van der Waals surface area contributed by atoms with E-state index in [1.807, 2.05) is 33.3 Å². The maximum atomic E-state index is 13.9. The number of hydrogen-bond acceptors (Lipinski definition) is 16. The van der Waals surface area contributed by atoms with Crippen molar-refractivity contribution in [3.8, 4) is 11.4 Å². The molecule has 6 aliphatic rings. The predicted molar refractivity (Wildman–Crippen MR) is 231 cm³/mol. The number of carbonyl (C=O) groups excluding carboxylic acids is 3. The lowest BCUT2D eigenvalue weighted by molar-refractivity contribution is -0.140. The average molecular weight is 925 g/mol. The number of nitrogens with zero attached hydrogens (tertiary/aromatic N) is 8. The van der Waals surface area contributed by atoms with Crippen molar-refractivity contribution in [2.75, 3.05) is 92.6 Å². The molecule has 0 saturated carbocycles. The van der Waals surface area contributed by atoms with Gasteiger partial charge in [-0.2, -0.15) is 51.6 Å². The number of rotatable bonds is 16. The van der Waals surface area contributed by atoms with E-state index in [1.54, 1.807) is 0 Å². The summed E-state index contributed by atoms with van der Waals surface area (Å²) < 4.78 is 47.1. The quantitative estimate of drug-likeness (QED) is 0.0931. The number of amides is 5. The van der Waals surface area contributed by atoms with Crippen LogP contribution < -0.4 is 42.1 Å². The molecule has 25 heteroatoms. The van der Waals surface area contributed by atoms with Crippen LogP contribution >= 0.6 is 23.5 Å². The van der Waals surface area contributed by atoms with Crippen molar-refractivity contribution in [1.29, 1.82) is 0 Å². The monoisotopic (exact) mass is 924 g/mol. The van der Waals surface area contributed by atoms with Crippen molar-refractivity contribution in [1.82, 2.24) is 56.4 Å². The van der Waals surface area contributed by atoms with Gasteiger partial charge in [0.25, 0.3) is 0 Å². The average Bonchev–Trinajstić information content (AvgIpc) is 4.03. The topological polar surface area (TPSA) is 258 Å². The number of alkyl halides is 3. The molecule has 8 heterocycles. The number of halogens is 3. The van der Waals surface area contributed by atoms with Gasteiger partial charge in [-0.1, -0.05) is 12.8 Å². The van der Waals surface area contributed by atoms with Crippen LogP contribution in [0.2, 0.25) is 0 Å². The van der Waals surface area contributed by atoms with Gasteiger partial charge in [-0.25, -0.2) is 19.6 Å². The fourth-order valence-electron chi connectivity index (χ4n) is 8.45. The summed E-state index contributed by atoms with van der Waals surface area (Å²) >= 11 is 3.75. The van der Waals surface area contributed by atoms with Gasteiger partial charge in [0.2, 0.25) is 23.8 Å². The number of carboxylic acids is 1. The van der Waals surface area contributed by atoms with Crippen LogP contribution in [0.4, 0.5) is 40.6 Å². The van der Waals surface area contributed by atoms with Gasteiger partial charge in [0, 0.05) is 93.4 Å². The molecule has 8 rings (SSSR count). The molecule has 6 aliphatic heterocycles. The normalized spacial score (nSPS) is 25.6. The van der Waals surface area contributed by atoms with Crippen molar-refractivity contribution >= 4 is 65.3 Å². The largest absolute Gasteiger partial charge is 0.481 e. The van der Waals surface area contributed by atoms with E-state index in [2.05, 4.69) is 56.4 Å². The molecule has 0 spiro atoms. The van der Waals surface area contributed by atoms with Crippen LogP contribution in [0.15, 0.2) is 6.20 Å². The van der Waals surface area contributed by atoms with Gasteiger partial charge in [-0.15, -0.1) is 0 Å². The standard InChI is InChI=1S/C28H39F3N12O3S.C10H16N2O3S/c29-28(30,31)22-17(15-34-24(32)37-22)23-38-25(40-26(39-23)43-11-13-46-14-12-43)42-9-7-41(8-10-42)6-5-33-20(44)4-2-1-3-19-21-18(16-47-19)35-27(45)36-21;13-8(14)4-2-1-3-7-9-6(5-16-7)11-10(15)12-9/h15,18-19,21H,1-14,16H2,(H,33,44)(H2,32,34,37)(H2,35,36,45);6-7,9H,1-5H2,(H,13,14)(H2,11,12,15)/t18-,19-,21-;6-,7-,9-/m00/s1. The third-order valence-corrected chi connectivity index (χ3v) is 14.8. The zero-order valence-electron chi connectivity index (χ0n) is 34.8. The number of fused-ring (bicyclic) bond motifs is 2. The number of morpholine rings is 1. The molecule has 63 heavy (non-hydrogen) atoms. The van der Waals surface area contributed by atoms with E-state index in [1.165, 1.54) is 0 Å². The molecule has 0 aromatic carbocycles. The molecule has 8 N–H and O–H groups in total. The highest BCUT2D eigenvalue weighted by molar-refractivity contribution is 8.00. The number of aromatic nitrogens is 5. The molecule has 0 bridgehead atoms. The first-order valence-electron chi connectivity index (χ1n) is 21.4. The first-order chi connectivity index (χ1) is 30.3. The number of thioether (sulfide) groups is 2. The Kier molecular flexibility index (Phi) is 15.7. The van der Waals surface area contributed by atoms with Crippen molar-refractivity contribution in [3.63, 3.8) is 0 Å². The van der Waals surface area contributed by atoms with Crippen LogP contribution in [0.25, 0.3) is 11.4 Å². The van der Waals surface area contributed by atoms with Gasteiger partial charge in [0.15, 0.2) is 11.5 Å². The number of nitrogens with two attached hydrogens (primary N) is 1. The number of ether oxygens (including phenoxy) is 1. The Morgan fingerprint density at radius 3 is 1.95 bits per heavy atom. The maximum Gasteiger partial charge on any atom is 0.434 e. The van der Waals surface area contributed by atoms with Crippen LogP contribution in [0.3, 0.4) is 0 Å². The lowest BCUT2D eigenvalue weighted by atomic mass is 10.0. The maximum absolute atomic E-state index is 13.9. The second-order valence-corrected chi connectivity index (χ2v) is 18.7. The second-order valence-electron chi connectivity index (χ2n) is 16.2. The molecule has 6 saturated heterocycles. The highest BCUT2D eigenvalue weighted by atomic mass is 32.2. The van der Waals surface area contributed by atoms with Gasteiger partial charge in [0.1, 0.15) is 0 Å². The first kappa shape index (κ1) is 46.4. The second kappa shape index (κ2) is 21.4. The summed E-state index contributed by atoms with van der Waals surface area (Å²) in [4.78, 5) is 72.1. The van der Waals surface area contributed by atoms with Gasteiger partial charge >= 0.3 is 24.2 Å². The van der Waals surface area contributed by atoms with E-state index in [4.69, 9.17) is 15.6 Å². The fourth-order valence-corrected chi connectivity index (χ4v) is 11.5. The third kappa shape index (κ3) is 12.6. The van der Waals surface area contributed by atoms with Crippen molar-refractivity contribution in [3.05, 3.63) is 11.9 Å². The smallest absolute Gasteiger partial charge is 0.434 e. The van der Waals surface area contributed by atoms with Crippen molar-refractivity contribution in [2.45, 2.75) is 92.2 Å². The SMILES string of the molecule is Nc1ncc(-c2nc(N3CCOCC3)nc(N3CCN(CCNC(=O)CCCC[C@@H]4SC[C@@H]5NC(=O)N[C@@H]54)CC3)n2)c(C(F)(F)F)n1.O=C(O)CCCC[C@@H]1SC[C@@H]2NC(=O)N[C@@H]21. The van der Waals surface area contributed by atoms with Gasteiger partial charge in [-0.05, 0) is 25.7 Å². The highest BCUT2D eigenvalue weighted by Gasteiger charge is 2.44. The van der Waals surface area contributed by atoms with Gasteiger partial charge < -0.3 is 52.0 Å². The van der Waals surface area contributed by atoms with Crippen LogP contribution in [0.5, 0.6) is 0 Å². The van der Waals surface area contributed by atoms with E-state index in [0.717, 1.165) is 56.2 Å². The summed E-state index contributed by atoms with van der Waals surface area (Å²) in [6.07, 6.45) is 2.26.